The molecule has 27 heavy (non-hydrogen) atoms. The van der Waals surface area contributed by atoms with Crippen molar-refractivity contribution in [3.05, 3.63) is 53.3 Å². The molecule has 0 spiro atoms. The van der Waals surface area contributed by atoms with Gasteiger partial charge in [0, 0.05) is 17.9 Å². The zero-order valence-electron chi connectivity index (χ0n) is 16.0. The summed E-state index contributed by atoms with van der Waals surface area (Å²) in [6.07, 6.45) is 2.49. The molecule has 0 unspecified atom stereocenters. The number of hydrogen-bond donors (Lipinski definition) is 1. The first-order valence-corrected chi connectivity index (χ1v) is 9.47. The molecule has 2 aromatic rings. The van der Waals surface area contributed by atoms with E-state index in [1.54, 1.807) is 6.07 Å². The summed E-state index contributed by atoms with van der Waals surface area (Å²) in [7, 11) is 0. The van der Waals surface area contributed by atoms with Crippen molar-refractivity contribution in [3.63, 3.8) is 0 Å². The molecule has 0 atom stereocenters. The predicted octanol–water partition coefficient (Wildman–Crippen LogP) is 5.59. The Labute approximate surface area is 159 Å². The van der Waals surface area contributed by atoms with E-state index in [1.807, 2.05) is 24.0 Å². The molecule has 0 radical (unpaired) electrons. The van der Waals surface area contributed by atoms with E-state index >= 15 is 0 Å². The van der Waals surface area contributed by atoms with Gasteiger partial charge in [-0.05, 0) is 73.6 Å². The lowest BCUT2D eigenvalue weighted by molar-refractivity contribution is 0.0692. The van der Waals surface area contributed by atoms with Crippen LogP contribution in [0.25, 0.3) is 0 Å². The molecule has 1 N–H and O–H groups in total. The molecule has 3 rings (SSSR count). The zero-order chi connectivity index (χ0) is 19.6. The van der Waals surface area contributed by atoms with Crippen LogP contribution >= 0.6 is 0 Å². The van der Waals surface area contributed by atoms with Gasteiger partial charge in [-0.1, -0.05) is 13.8 Å². The predicted molar refractivity (Wildman–Crippen MR) is 105 cm³/mol. The minimum absolute atomic E-state index is 0.295. The number of ether oxygens (including phenoxy) is 1. The van der Waals surface area contributed by atoms with Gasteiger partial charge in [-0.15, -0.1) is 0 Å². The van der Waals surface area contributed by atoms with Gasteiger partial charge in [0.1, 0.15) is 11.6 Å². The van der Waals surface area contributed by atoms with Crippen LogP contribution in [0.3, 0.4) is 0 Å². The third kappa shape index (κ3) is 4.41. The number of halogens is 1. The molecular weight excluding hydrogens is 345 g/mol. The van der Waals surface area contributed by atoms with Crippen molar-refractivity contribution in [3.8, 4) is 5.75 Å². The Morgan fingerprint density at radius 2 is 1.89 bits per heavy atom. The highest BCUT2D eigenvalue weighted by Gasteiger charge is 2.23. The normalized spacial score (nSPS) is 13.7. The molecule has 1 saturated carbocycles. The number of carbonyl (C=O) groups is 1. The van der Waals surface area contributed by atoms with E-state index < -0.39 is 11.8 Å². The Balaban J connectivity index is 1.91. The van der Waals surface area contributed by atoms with E-state index in [1.165, 1.54) is 25.0 Å². The highest BCUT2D eigenvalue weighted by Crippen LogP contribution is 2.36. The van der Waals surface area contributed by atoms with Gasteiger partial charge < -0.3 is 14.7 Å². The van der Waals surface area contributed by atoms with Crippen molar-refractivity contribution >= 4 is 17.3 Å². The highest BCUT2D eigenvalue weighted by molar-refractivity contribution is 5.88. The van der Waals surface area contributed by atoms with E-state index in [9.17, 15) is 9.18 Å². The minimum atomic E-state index is -1.26. The molecule has 5 heteroatoms. The molecule has 0 amide bonds. The number of hydrogen-bond acceptors (Lipinski definition) is 3. The Morgan fingerprint density at radius 1 is 1.22 bits per heavy atom. The lowest BCUT2D eigenvalue weighted by atomic mass is 10.0. The van der Waals surface area contributed by atoms with Crippen LogP contribution in [0.15, 0.2) is 36.4 Å². The fourth-order valence-corrected chi connectivity index (χ4v) is 3.14. The second-order valence-electron chi connectivity index (χ2n) is 7.34. The maximum Gasteiger partial charge on any atom is 0.338 e. The van der Waals surface area contributed by atoms with Crippen molar-refractivity contribution in [2.24, 2.45) is 5.92 Å². The first-order valence-electron chi connectivity index (χ1n) is 9.47. The monoisotopic (exact) mass is 371 g/mol. The van der Waals surface area contributed by atoms with Gasteiger partial charge in [0.15, 0.2) is 0 Å². The maximum absolute atomic E-state index is 14.1. The fraction of sp³-hybridized carbons (Fsp3) is 0.409. The second-order valence-corrected chi connectivity index (χ2v) is 7.34. The average molecular weight is 371 g/mol. The molecule has 144 valence electrons. The van der Waals surface area contributed by atoms with Gasteiger partial charge >= 0.3 is 5.97 Å². The van der Waals surface area contributed by atoms with Crippen LogP contribution in [0.2, 0.25) is 0 Å². The van der Waals surface area contributed by atoms with Gasteiger partial charge in [0.05, 0.1) is 12.2 Å². The number of carboxylic acids is 1. The first kappa shape index (κ1) is 19.2. The van der Waals surface area contributed by atoms with Crippen LogP contribution in [0.4, 0.5) is 15.8 Å². The number of aromatic carboxylic acids is 1. The average Bonchev–Trinajstić information content (AvgIpc) is 3.45. The summed E-state index contributed by atoms with van der Waals surface area (Å²) in [4.78, 5) is 13.0. The molecule has 1 aliphatic rings. The first-order chi connectivity index (χ1) is 12.9. The molecular formula is C22H26FNO3. The van der Waals surface area contributed by atoms with Crippen LogP contribution in [-0.4, -0.2) is 24.2 Å². The SMILES string of the molecule is CCN(c1ccc(C(=O)O)c(F)c1)c1ccc(OCC2CC2)c(C(C)C)c1. The lowest BCUT2D eigenvalue weighted by Crippen LogP contribution is -2.17. The van der Waals surface area contributed by atoms with Gasteiger partial charge in [-0.25, -0.2) is 9.18 Å². The van der Waals surface area contributed by atoms with Crippen LogP contribution in [0.1, 0.15) is 55.5 Å². The van der Waals surface area contributed by atoms with Crippen LogP contribution < -0.4 is 9.64 Å². The topological polar surface area (TPSA) is 49.8 Å². The molecule has 0 heterocycles. The smallest absolute Gasteiger partial charge is 0.338 e. The Morgan fingerprint density at radius 3 is 2.44 bits per heavy atom. The molecule has 1 fully saturated rings. The van der Waals surface area contributed by atoms with Crippen molar-refractivity contribution < 1.29 is 19.0 Å². The third-order valence-corrected chi connectivity index (χ3v) is 4.91. The van der Waals surface area contributed by atoms with Gasteiger partial charge in [0.2, 0.25) is 0 Å². The number of rotatable bonds is 8. The van der Waals surface area contributed by atoms with E-state index in [2.05, 4.69) is 19.9 Å². The summed E-state index contributed by atoms with van der Waals surface area (Å²) in [6, 6.07) is 10.3. The quantitative estimate of drug-likeness (QED) is 0.657. The van der Waals surface area contributed by atoms with Crippen molar-refractivity contribution in [2.75, 3.05) is 18.1 Å². The summed E-state index contributed by atoms with van der Waals surface area (Å²) >= 11 is 0. The number of benzene rings is 2. The van der Waals surface area contributed by atoms with E-state index in [-0.39, 0.29) is 5.56 Å². The van der Waals surface area contributed by atoms with E-state index in [0.717, 1.165) is 23.6 Å². The molecule has 2 aromatic carbocycles. The molecule has 1 aliphatic carbocycles. The molecule has 4 nitrogen and oxygen atoms in total. The largest absolute Gasteiger partial charge is 0.493 e. The van der Waals surface area contributed by atoms with Gasteiger partial charge in [-0.2, -0.15) is 0 Å². The number of anilines is 2. The molecule has 0 saturated heterocycles. The Hall–Kier alpha value is -2.56. The van der Waals surface area contributed by atoms with Crippen molar-refractivity contribution in [1.29, 1.82) is 0 Å². The van der Waals surface area contributed by atoms with Crippen molar-refractivity contribution in [2.45, 2.75) is 39.5 Å². The van der Waals surface area contributed by atoms with Crippen LogP contribution in [0, 0.1) is 11.7 Å². The summed E-state index contributed by atoms with van der Waals surface area (Å²) in [5, 5.41) is 9.02. The lowest BCUT2D eigenvalue weighted by Gasteiger charge is -2.25. The van der Waals surface area contributed by atoms with Crippen LogP contribution in [0.5, 0.6) is 5.75 Å². The summed E-state index contributed by atoms with van der Waals surface area (Å²) in [6.45, 7) is 7.63. The zero-order valence-corrected chi connectivity index (χ0v) is 16.0. The summed E-state index contributed by atoms with van der Waals surface area (Å²) in [5.41, 5.74) is 2.36. The van der Waals surface area contributed by atoms with E-state index in [4.69, 9.17) is 9.84 Å². The highest BCUT2D eigenvalue weighted by atomic mass is 19.1. The van der Waals surface area contributed by atoms with Gasteiger partial charge in [0.25, 0.3) is 0 Å². The molecule has 0 bridgehead atoms. The van der Waals surface area contributed by atoms with Crippen molar-refractivity contribution in [1.82, 2.24) is 0 Å². The van der Waals surface area contributed by atoms with E-state index in [0.29, 0.717) is 24.1 Å². The molecule has 0 aromatic heterocycles. The fourth-order valence-electron chi connectivity index (χ4n) is 3.14. The number of nitrogens with zero attached hydrogens (tertiary/aromatic N) is 1. The minimum Gasteiger partial charge on any atom is -0.493 e. The standard InChI is InChI=1S/C22H26FNO3/c1-4-24(17-7-9-18(22(25)26)20(23)12-17)16-8-10-21(19(11-16)14(2)3)27-13-15-5-6-15/h7-12,14-15H,4-6,13H2,1-3H3,(H,25,26). The number of carboxylic acid groups (broad SMARTS) is 1. The Bertz CT molecular complexity index is 830. The third-order valence-electron chi connectivity index (χ3n) is 4.91. The maximum atomic E-state index is 14.1. The summed E-state index contributed by atoms with van der Waals surface area (Å²) in [5.74, 6) is -0.103. The summed E-state index contributed by atoms with van der Waals surface area (Å²) < 4.78 is 20.2. The molecule has 0 aliphatic heterocycles. The van der Waals surface area contributed by atoms with Crippen LogP contribution in [-0.2, 0) is 0 Å². The Kier molecular flexibility index (Phi) is 5.68. The second kappa shape index (κ2) is 7.99. The van der Waals surface area contributed by atoms with Gasteiger partial charge in [-0.3, -0.25) is 0 Å².